The number of ether oxygens (including phenoxy) is 1. The zero-order valence-corrected chi connectivity index (χ0v) is 11.2. The van der Waals surface area contributed by atoms with Gasteiger partial charge in [0.1, 0.15) is 18.1 Å². The highest BCUT2D eigenvalue weighted by molar-refractivity contribution is 5.35. The number of nitro groups is 1. The van der Waals surface area contributed by atoms with Gasteiger partial charge in [-0.15, -0.1) is 0 Å². The monoisotopic (exact) mass is 292 g/mol. The molecule has 2 rings (SSSR count). The summed E-state index contributed by atoms with van der Waals surface area (Å²) in [6.45, 7) is 1.53. The average molecular weight is 292 g/mol. The van der Waals surface area contributed by atoms with Crippen LogP contribution in [-0.4, -0.2) is 15.0 Å². The highest BCUT2D eigenvalue weighted by Crippen LogP contribution is 2.21. The topological polar surface area (TPSA) is 85.5 Å². The van der Waals surface area contributed by atoms with E-state index in [1.807, 2.05) is 0 Å². The molecule has 110 valence electrons. The van der Waals surface area contributed by atoms with Gasteiger partial charge in [0.25, 0.3) is 0 Å². The maximum Gasteiger partial charge on any atom is 0.304 e. The maximum atomic E-state index is 13.5. The van der Waals surface area contributed by atoms with E-state index in [9.17, 15) is 19.6 Å². The van der Waals surface area contributed by atoms with Crippen LogP contribution in [0, 0.1) is 22.9 Å². The smallest absolute Gasteiger partial charge is 0.304 e. The molecule has 0 amide bonds. The number of halogens is 1. The zero-order valence-electron chi connectivity index (χ0n) is 11.2. The van der Waals surface area contributed by atoms with Crippen LogP contribution in [-0.2, 0) is 13.2 Å². The van der Waals surface area contributed by atoms with Crippen LogP contribution in [0.15, 0.2) is 30.3 Å². The van der Waals surface area contributed by atoms with Crippen molar-refractivity contribution < 1.29 is 19.2 Å². The number of benzene rings is 1. The molecule has 0 aliphatic heterocycles. The van der Waals surface area contributed by atoms with Gasteiger partial charge in [0, 0.05) is 11.8 Å². The minimum atomic E-state index is -0.912. The van der Waals surface area contributed by atoms with Gasteiger partial charge in [0.05, 0.1) is 11.5 Å². The van der Waals surface area contributed by atoms with Crippen LogP contribution in [0.5, 0.6) is 5.75 Å². The van der Waals surface area contributed by atoms with Gasteiger partial charge in [-0.25, -0.2) is 0 Å². The predicted octanol–water partition coefficient (Wildman–Crippen LogP) is 2.51. The van der Waals surface area contributed by atoms with Crippen molar-refractivity contribution in [2.45, 2.75) is 20.1 Å². The van der Waals surface area contributed by atoms with E-state index >= 15 is 0 Å². The van der Waals surface area contributed by atoms with Crippen molar-refractivity contribution in [2.24, 2.45) is 0 Å². The summed E-state index contributed by atoms with van der Waals surface area (Å²) >= 11 is 0. The van der Waals surface area contributed by atoms with Crippen molar-refractivity contribution in [1.29, 1.82) is 0 Å². The Morgan fingerprint density at radius 2 is 2.14 bits per heavy atom. The minimum Gasteiger partial charge on any atom is -0.487 e. The van der Waals surface area contributed by atoms with E-state index in [1.165, 1.54) is 6.07 Å². The van der Waals surface area contributed by atoms with Crippen LogP contribution in [0.3, 0.4) is 0 Å². The first kappa shape index (κ1) is 14.9. The third-order valence-corrected chi connectivity index (χ3v) is 2.82. The number of aliphatic hydroxyl groups is 1. The fourth-order valence-corrected chi connectivity index (χ4v) is 1.79. The highest BCUT2D eigenvalue weighted by Gasteiger charge is 2.14. The fraction of sp³-hybridized carbons (Fsp3) is 0.214. The highest BCUT2D eigenvalue weighted by atomic mass is 19.1. The quantitative estimate of drug-likeness (QED) is 0.676. The molecule has 1 heterocycles. The lowest BCUT2D eigenvalue weighted by molar-refractivity contribution is -0.387. The molecule has 2 aromatic rings. The third-order valence-electron chi connectivity index (χ3n) is 2.82. The molecule has 1 N–H and O–H groups in total. The van der Waals surface area contributed by atoms with E-state index in [0.29, 0.717) is 17.0 Å². The summed E-state index contributed by atoms with van der Waals surface area (Å²) in [5.41, 5.74) is 1.000. The maximum absolute atomic E-state index is 13.5. The Morgan fingerprint density at radius 1 is 1.38 bits per heavy atom. The minimum absolute atomic E-state index is 0.0205. The molecule has 0 atom stereocenters. The number of rotatable bonds is 5. The van der Waals surface area contributed by atoms with E-state index in [2.05, 4.69) is 4.98 Å². The number of hydrogen-bond acceptors (Lipinski definition) is 5. The van der Waals surface area contributed by atoms with Crippen molar-refractivity contribution in [3.63, 3.8) is 0 Å². The van der Waals surface area contributed by atoms with Crippen LogP contribution < -0.4 is 4.74 Å². The molecule has 0 saturated heterocycles. The molecule has 0 bridgehead atoms. The predicted molar refractivity (Wildman–Crippen MR) is 72.3 cm³/mol. The molecular formula is C14H13FN2O4. The number of nitrogens with zero attached hydrogens (tertiary/aromatic N) is 2. The normalized spacial score (nSPS) is 10.4. The SMILES string of the molecule is Cc1ccc(OCc2ccc([N+](=O)[O-])c(F)c2)c(CO)n1. The molecule has 7 heteroatoms. The van der Waals surface area contributed by atoms with Crippen LogP contribution >= 0.6 is 0 Å². The Bertz CT molecular complexity index is 676. The second kappa shape index (κ2) is 6.27. The Balaban J connectivity index is 2.13. The number of hydrogen-bond donors (Lipinski definition) is 1. The molecule has 0 radical (unpaired) electrons. The summed E-state index contributed by atoms with van der Waals surface area (Å²) < 4.78 is 18.9. The van der Waals surface area contributed by atoms with E-state index in [-0.39, 0.29) is 13.2 Å². The van der Waals surface area contributed by atoms with Gasteiger partial charge < -0.3 is 9.84 Å². The second-order valence-corrected chi connectivity index (χ2v) is 4.39. The van der Waals surface area contributed by atoms with Gasteiger partial charge in [-0.05, 0) is 36.8 Å². The molecule has 0 saturated carbocycles. The first-order chi connectivity index (χ1) is 10.0. The fourth-order valence-electron chi connectivity index (χ4n) is 1.79. The molecule has 0 aliphatic carbocycles. The molecule has 1 aromatic carbocycles. The lowest BCUT2D eigenvalue weighted by Crippen LogP contribution is -2.02. The van der Waals surface area contributed by atoms with Crippen LogP contribution in [0.4, 0.5) is 10.1 Å². The number of nitro benzene ring substituents is 1. The summed E-state index contributed by atoms with van der Waals surface area (Å²) in [5.74, 6) is -0.521. The summed E-state index contributed by atoms with van der Waals surface area (Å²) in [5, 5.41) is 19.7. The van der Waals surface area contributed by atoms with E-state index in [0.717, 1.165) is 17.8 Å². The van der Waals surface area contributed by atoms with Gasteiger partial charge in [0.2, 0.25) is 5.82 Å². The number of aromatic nitrogens is 1. The van der Waals surface area contributed by atoms with E-state index in [4.69, 9.17) is 4.74 Å². The molecule has 0 fully saturated rings. The second-order valence-electron chi connectivity index (χ2n) is 4.39. The standard InChI is InChI=1S/C14H13FN2O4/c1-9-2-5-14(12(7-18)16-9)21-8-10-3-4-13(17(19)20)11(15)6-10/h2-6,18H,7-8H2,1H3. The summed E-state index contributed by atoms with van der Waals surface area (Å²) in [6, 6.07) is 6.95. The summed E-state index contributed by atoms with van der Waals surface area (Å²) in [7, 11) is 0. The Morgan fingerprint density at radius 3 is 2.76 bits per heavy atom. The number of aryl methyl sites for hydroxylation is 1. The summed E-state index contributed by atoms with van der Waals surface area (Å²) in [6.07, 6.45) is 0. The van der Waals surface area contributed by atoms with Gasteiger partial charge in [-0.2, -0.15) is 4.39 Å². The Labute approximate surface area is 120 Å². The molecule has 1 aromatic heterocycles. The lowest BCUT2D eigenvalue weighted by Gasteiger charge is -2.10. The van der Waals surface area contributed by atoms with Crippen molar-refractivity contribution >= 4 is 5.69 Å². The number of pyridine rings is 1. The van der Waals surface area contributed by atoms with Crippen LogP contribution in [0.2, 0.25) is 0 Å². The van der Waals surface area contributed by atoms with Gasteiger partial charge in [-0.3, -0.25) is 15.1 Å². The first-order valence-corrected chi connectivity index (χ1v) is 6.14. The van der Waals surface area contributed by atoms with Gasteiger partial charge in [0.15, 0.2) is 0 Å². The molecule has 0 aliphatic rings. The van der Waals surface area contributed by atoms with Crippen LogP contribution in [0.1, 0.15) is 17.0 Å². The van der Waals surface area contributed by atoms with E-state index in [1.54, 1.807) is 19.1 Å². The zero-order chi connectivity index (χ0) is 15.4. The molecule has 6 nitrogen and oxygen atoms in total. The molecule has 21 heavy (non-hydrogen) atoms. The van der Waals surface area contributed by atoms with Crippen molar-refractivity contribution in [3.8, 4) is 5.75 Å². The van der Waals surface area contributed by atoms with Crippen LogP contribution in [0.25, 0.3) is 0 Å². The first-order valence-electron chi connectivity index (χ1n) is 6.14. The molecule has 0 unspecified atom stereocenters. The lowest BCUT2D eigenvalue weighted by atomic mass is 10.2. The van der Waals surface area contributed by atoms with Gasteiger partial charge in [-0.1, -0.05) is 0 Å². The van der Waals surface area contributed by atoms with Gasteiger partial charge >= 0.3 is 5.69 Å². The molecule has 0 spiro atoms. The Hall–Kier alpha value is -2.54. The average Bonchev–Trinajstić information content (AvgIpc) is 2.45. The van der Waals surface area contributed by atoms with E-state index < -0.39 is 16.4 Å². The van der Waals surface area contributed by atoms with Crippen molar-refractivity contribution in [3.05, 3.63) is 63.2 Å². The number of aliphatic hydroxyl groups excluding tert-OH is 1. The van der Waals surface area contributed by atoms with Crippen molar-refractivity contribution in [1.82, 2.24) is 4.98 Å². The molecular weight excluding hydrogens is 279 g/mol. The van der Waals surface area contributed by atoms with Crippen molar-refractivity contribution in [2.75, 3.05) is 0 Å². The third kappa shape index (κ3) is 3.51. The largest absolute Gasteiger partial charge is 0.487 e. The summed E-state index contributed by atoms with van der Waals surface area (Å²) in [4.78, 5) is 13.9. The Kier molecular flexibility index (Phi) is 4.44.